The van der Waals surface area contributed by atoms with Gasteiger partial charge < -0.3 is 9.47 Å². The van der Waals surface area contributed by atoms with Crippen molar-refractivity contribution >= 4 is 16.8 Å². The number of rotatable bonds is 3. The SMILES string of the molecule is COc1ccc(C2(c3ccccc3C#N)C=Cc3c(ccc4ccccc34)O2)cc1. The summed E-state index contributed by atoms with van der Waals surface area (Å²) in [7, 11) is 1.65. The fraction of sp³-hybridized carbons (Fsp3) is 0.0741. The highest BCUT2D eigenvalue weighted by molar-refractivity contribution is 5.94. The molecule has 30 heavy (non-hydrogen) atoms. The first kappa shape index (κ1) is 18.0. The van der Waals surface area contributed by atoms with Gasteiger partial charge in [0.25, 0.3) is 0 Å². The van der Waals surface area contributed by atoms with E-state index in [4.69, 9.17) is 9.47 Å². The second kappa shape index (κ2) is 7.09. The summed E-state index contributed by atoms with van der Waals surface area (Å²) in [6.45, 7) is 0. The van der Waals surface area contributed by atoms with E-state index in [2.05, 4.69) is 36.4 Å². The molecule has 0 saturated carbocycles. The Hall–Kier alpha value is -4.03. The molecule has 0 spiro atoms. The Labute approximate surface area is 175 Å². The molecular weight excluding hydrogens is 370 g/mol. The lowest BCUT2D eigenvalue weighted by Crippen LogP contribution is -2.35. The van der Waals surface area contributed by atoms with Crippen molar-refractivity contribution < 1.29 is 9.47 Å². The number of methoxy groups -OCH3 is 1. The first-order valence-corrected chi connectivity index (χ1v) is 9.79. The van der Waals surface area contributed by atoms with E-state index in [0.717, 1.165) is 33.6 Å². The highest BCUT2D eigenvalue weighted by Gasteiger charge is 2.39. The fourth-order valence-electron chi connectivity index (χ4n) is 4.14. The summed E-state index contributed by atoms with van der Waals surface area (Å²) in [5, 5.41) is 12.1. The first-order valence-electron chi connectivity index (χ1n) is 9.79. The maximum atomic E-state index is 9.78. The molecule has 144 valence electrons. The van der Waals surface area contributed by atoms with Crippen LogP contribution in [0.3, 0.4) is 0 Å². The molecule has 0 saturated heterocycles. The van der Waals surface area contributed by atoms with Crippen molar-refractivity contribution in [2.45, 2.75) is 5.60 Å². The minimum absolute atomic E-state index is 0.585. The summed E-state index contributed by atoms with van der Waals surface area (Å²) in [6, 6.07) is 30.1. The summed E-state index contributed by atoms with van der Waals surface area (Å²) in [4.78, 5) is 0. The van der Waals surface area contributed by atoms with Crippen LogP contribution >= 0.6 is 0 Å². The van der Waals surface area contributed by atoms with Crippen LogP contribution in [-0.4, -0.2) is 7.11 Å². The summed E-state index contributed by atoms with van der Waals surface area (Å²) in [6.07, 6.45) is 4.17. The molecule has 4 aromatic rings. The van der Waals surface area contributed by atoms with Gasteiger partial charge in [0.2, 0.25) is 0 Å². The zero-order valence-electron chi connectivity index (χ0n) is 16.5. The Balaban J connectivity index is 1.76. The molecule has 0 radical (unpaired) electrons. The predicted octanol–water partition coefficient (Wildman–Crippen LogP) is 6.07. The standard InChI is InChI=1S/C27H19NO2/c1-29-22-13-11-21(12-14-22)27(25-9-5-3-7-20(25)18-28)17-16-24-23-8-4-2-6-19(23)10-15-26(24)30-27/h2-17H,1H3. The van der Waals surface area contributed by atoms with E-state index in [0.29, 0.717) is 5.56 Å². The summed E-state index contributed by atoms with van der Waals surface area (Å²) in [5.74, 6) is 1.56. The second-order valence-electron chi connectivity index (χ2n) is 7.26. The molecule has 0 amide bonds. The largest absolute Gasteiger partial charge is 0.497 e. The van der Waals surface area contributed by atoms with Gasteiger partial charge in [-0.3, -0.25) is 0 Å². The second-order valence-corrected chi connectivity index (χ2v) is 7.26. The quantitative estimate of drug-likeness (QED) is 0.427. The van der Waals surface area contributed by atoms with Crippen molar-refractivity contribution in [1.82, 2.24) is 0 Å². The van der Waals surface area contributed by atoms with Gasteiger partial charge in [-0.1, -0.05) is 60.7 Å². The number of ether oxygens (including phenoxy) is 2. The van der Waals surface area contributed by atoms with E-state index in [1.54, 1.807) is 7.11 Å². The van der Waals surface area contributed by atoms with Gasteiger partial charge in [0, 0.05) is 16.7 Å². The maximum absolute atomic E-state index is 9.78. The lowest BCUT2D eigenvalue weighted by molar-refractivity contribution is 0.161. The van der Waals surface area contributed by atoms with Gasteiger partial charge in [0.05, 0.1) is 18.7 Å². The smallest absolute Gasteiger partial charge is 0.179 e. The molecule has 3 nitrogen and oxygen atoms in total. The molecule has 4 aromatic carbocycles. The van der Waals surface area contributed by atoms with E-state index in [1.807, 2.05) is 66.7 Å². The Morgan fingerprint density at radius 2 is 1.63 bits per heavy atom. The molecule has 1 aliphatic rings. The van der Waals surface area contributed by atoms with Gasteiger partial charge in [-0.05, 0) is 47.2 Å². The van der Waals surface area contributed by atoms with Crippen LogP contribution in [0.5, 0.6) is 11.5 Å². The zero-order valence-corrected chi connectivity index (χ0v) is 16.5. The molecule has 0 bridgehead atoms. The normalized spacial score (nSPS) is 17.1. The van der Waals surface area contributed by atoms with Crippen LogP contribution in [-0.2, 0) is 5.60 Å². The van der Waals surface area contributed by atoms with Crippen molar-refractivity contribution in [2.75, 3.05) is 7.11 Å². The first-order chi connectivity index (χ1) is 14.7. The third-order valence-corrected chi connectivity index (χ3v) is 5.65. The molecule has 1 atom stereocenters. The van der Waals surface area contributed by atoms with Gasteiger partial charge in [0.15, 0.2) is 5.60 Å². The number of nitrogens with zero attached hydrogens (tertiary/aromatic N) is 1. The van der Waals surface area contributed by atoms with Crippen molar-refractivity contribution in [1.29, 1.82) is 5.26 Å². The Bertz CT molecular complexity index is 1320. The average Bonchev–Trinajstić information content (AvgIpc) is 2.83. The molecular formula is C27H19NO2. The number of hydrogen-bond donors (Lipinski definition) is 0. The topological polar surface area (TPSA) is 42.2 Å². The molecule has 0 N–H and O–H groups in total. The van der Waals surface area contributed by atoms with E-state index >= 15 is 0 Å². The van der Waals surface area contributed by atoms with Gasteiger partial charge in [-0.15, -0.1) is 0 Å². The van der Waals surface area contributed by atoms with Crippen LogP contribution in [0, 0.1) is 11.3 Å². The average molecular weight is 389 g/mol. The van der Waals surface area contributed by atoms with Gasteiger partial charge in [-0.2, -0.15) is 5.26 Å². The van der Waals surface area contributed by atoms with E-state index in [1.165, 1.54) is 5.39 Å². The molecule has 5 rings (SSSR count). The summed E-state index contributed by atoms with van der Waals surface area (Å²) >= 11 is 0. The third kappa shape index (κ3) is 2.74. The van der Waals surface area contributed by atoms with Crippen molar-refractivity contribution in [2.24, 2.45) is 0 Å². The van der Waals surface area contributed by atoms with Crippen LogP contribution in [0.15, 0.2) is 91.0 Å². The number of benzene rings is 4. The Morgan fingerprint density at radius 1 is 0.867 bits per heavy atom. The molecule has 3 heteroatoms. The van der Waals surface area contributed by atoms with E-state index in [9.17, 15) is 5.26 Å². The molecule has 0 fully saturated rings. The monoisotopic (exact) mass is 389 g/mol. The minimum atomic E-state index is -0.909. The van der Waals surface area contributed by atoms with E-state index in [-0.39, 0.29) is 0 Å². The Morgan fingerprint density at radius 3 is 2.43 bits per heavy atom. The van der Waals surface area contributed by atoms with Crippen LogP contribution < -0.4 is 9.47 Å². The van der Waals surface area contributed by atoms with Crippen LogP contribution in [0.4, 0.5) is 0 Å². The van der Waals surface area contributed by atoms with Gasteiger partial charge in [0.1, 0.15) is 11.5 Å². The molecule has 1 heterocycles. The van der Waals surface area contributed by atoms with E-state index < -0.39 is 5.60 Å². The summed E-state index contributed by atoms with van der Waals surface area (Å²) in [5.41, 5.74) is 2.47. The Kier molecular flexibility index (Phi) is 4.26. The number of nitriles is 1. The minimum Gasteiger partial charge on any atom is -0.497 e. The van der Waals surface area contributed by atoms with Crippen molar-refractivity contribution in [3.8, 4) is 17.6 Å². The van der Waals surface area contributed by atoms with Crippen LogP contribution in [0.1, 0.15) is 22.3 Å². The van der Waals surface area contributed by atoms with Crippen molar-refractivity contribution in [3.05, 3.63) is 113 Å². The molecule has 0 aliphatic carbocycles. The number of fused-ring (bicyclic) bond motifs is 3. The third-order valence-electron chi connectivity index (χ3n) is 5.65. The van der Waals surface area contributed by atoms with Crippen LogP contribution in [0.25, 0.3) is 16.8 Å². The molecule has 0 aromatic heterocycles. The summed E-state index contributed by atoms with van der Waals surface area (Å²) < 4.78 is 12.1. The molecule has 1 unspecified atom stereocenters. The van der Waals surface area contributed by atoms with Crippen molar-refractivity contribution in [3.63, 3.8) is 0 Å². The lowest BCUT2D eigenvalue weighted by atomic mass is 9.81. The molecule has 1 aliphatic heterocycles. The predicted molar refractivity (Wildman–Crippen MR) is 119 cm³/mol. The number of hydrogen-bond acceptors (Lipinski definition) is 3. The maximum Gasteiger partial charge on any atom is 0.179 e. The highest BCUT2D eigenvalue weighted by Crippen LogP contribution is 2.45. The van der Waals surface area contributed by atoms with Gasteiger partial charge >= 0.3 is 0 Å². The van der Waals surface area contributed by atoms with Gasteiger partial charge in [-0.25, -0.2) is 0 Å². The highest BCUT2D eigenvalue weighted by atomic mass is 16.5. The lowest BCUT2D eigenvalue weighted by Gasteiger charge is -2.37. The van der Waals surface area contributed by atoms with Crippen LogP contribution in [0.2, 0.25) is 0 Å². The fourth-order valence-corrected chi connectivity index (χ4v) is 4.14. The zero-order chi connectivity index (χ0) is 20.6.